The molecule has 1 aliphatic carbocycles. The molecule has 0 radical (unpaired) electrons. The molecule has 38 heavy (non-hydrogen) atoms. The van der Waals surface area contributed by atoms with Crippen LogP contribution in [-0.2, 0) is 27.3 Å². The number of hydrogen-bond donors (Lipinski definition) is 1. The van der Waals surface area contributed by atoms with E-state index in [1.165, 1.54) is 29.5 Å². The second-order valence-corrected chi connectivity index (χ2v) is 11.1. The summed E-state index contributed by atoms with van der Waals surface area (Å²) in [5.74, 6) is 2.46. The molecule has 1 saturated heterocycles. The number of hydrogen-bond acceptors (Lipinski definition) is 6. The van der Waals surface area contributed by atoms with Gasteiger partial charge in [-0.3, -0.25) is 14.3 Å². The van der Waals surface area contributed by atoms with Gasteiger partial charge < -0.3 is 19.9 Å². The van der Waals surface area contributed by atoms with Gasteiger partial charge in [0.25, 0.3) is 0 Å². The van der Waals surface area contributed by atoms with Crippen molar-refractivity contribution in [1.29, 1.82) is 0 Å². The molecule has 1 fully saturated rings. The highest BCUT2D eigenvalue weighted by Gasteiger charge is 2.35. The molecule has 1 N–H and O–H groups in total. The normalized spacial score (nSPS) is 25.7. The number of carbonyl (C=O) groups is 2. The van der Waals surface area contributed by atoms with Crippen LogP contribution in [0.25, 0.3) is 0 Å². The van der Waals surface area contributed by atoms with E-state index in [4.69, 9.17) is 9.84 Å². The van der Waals surface area contributed by atoms with E-state index in [0.717, 1.165) is 77.1 Å². The van der Waals surface area contributed by atoms with Gasteiger partial charge in [0.2, 0.25) is 11.8 Å². The van der Waals surface area contributed by atoms with Gasteiger partial charge in [-0.1, -0.05) is 6.08 Å². The molecular formula is C29H38N6O3. The lowest BCUT2D eigenvalue weighted by atomic mass is 9.79. The number of amides is 2. The molecule has 5 heterocycles. The molecule has 5 aliphatic rings. The van der Waals surface area contributed by atoms with E-state index < -0.39 is 0 Å². The van der Waals surface area contributed by atoms with Crippen LogP contribution >= 0.6 is 0 Å². The Morgan fingerprint density at radius 1 is 1.11 bits per heavy atom. The third-order valence-electron chi connectivity index (χ3n) is 8.64. The summed E-state index contributed by atoms with van der Waals surface area (Å²) in [7, 11) is 0. The number of allylic oxidation sites excluding steroid dienone is 4. The number of anilines is 1. The predicted molar refractivity (Wildman–Crippen MR) is 145 cm³/mol. The van der Waals surface area contributed by atoms with Crippen LogP contribution in [0.4, 0.5) is 5.82 Å². The van der Waals surface area contributed by atoms with Gasteiger partial charge in [-0.05, 0) is 62.2 Å². The first-order valence-electron chi connectivity index (χ1n) is 14.1. The lowest BCUT2D eigenvalue weighted by Gasteiger charge is -2.37. The summed E-state index contributed by atoms with van der Waals surface area (Å²) in [5.41, 5.74) is 5.30. The molecule has 0 aromatic carbocycles. The summed E-state index contributed by atoms with van der Waals surface area (Å²) < 4.78 is 7.92. The topological polar surface area (TPSA) is 92.1 Å². The van der Waals surface area contributed by atoms with Gasteiger partial charge in [-0.2, -0.15) is 5.10 Å². The van der Waals surface area contributed by atoms with Crippen molar-refractivity contribution in [2.75, 3.05) is 31.2 Å². The van der Waals surface area contributed by atoms with Gasteiger partial charge in [0.05, 0.1) is 12.6 Å². The third kappa shape index (κ3) is 4.84. The summed E-state index contributed by atoms with van der Waals surface area (Å²) in [6.07, 6.45) is 15.6. The Morgan fingerprint density at radius 2 is 1.95 bits per heavy atom. The standard InChI is InChI=1S/C29H38N6O3/c1-19(36)31-28-8-6-23(17-30-28)21-5-7-26-22(16-21)4-3-12-34(26)29-25-18-33(20(2)37)13-9-27(25)35(32-29)24-10-14-38-15-11-24/h5,7-8,17,21,23-24H,3-4,6,9-16,18H2,1-2H3,(H,31,36). The summed E-state index contributed by atoms with van der Waals surface area (Å²) in [5, 5.41) is 8.07. The van der Waals surface area contributed by atoms with Crippen LogP contribution in [0.3, 0.4) is 0 Å². The molecule has 1 aromatic rings. The van der Waals surface area contributed by atoms with E-state index in [-0.39, 0.29) is 11.8 Å². The van der Waals surface area contributed by atoms with Crippen molar-refractivity contribution in [2.45, 2.75) is 71.4 Å². The zero-order valence-corrected chi connectivity index (χ0v) is 22.5. The Kier molecular flexibility index (Phi) is 6.95. The van der Waals surface area contributed by atoms with E-state index in [2.05, 4.69) is 32.0 Å². The Morgan fingerprint density at radius 3 is 2.68 bits per heavy atom. The fourth-order valence-electron chi connectivity index (χ4n) is 6.62. The van der Waals surface area contributed by atoms with Crippen molar-refractivity contribution in [3.63, 3.8) is 0 Å². The predicted octanol–water partition coefficient (Wildman–Crippen LogP) is 3.64. The Labute approximate surface area is 224 Å². The van der Waals surface area contributed by atoms with Gasteiger partial charge in [-0.15, -0.1) is 0 Å². The first kappa shape index (κ1) is 25.1. The van der Waals surface area contributed by atoms with Crippen LogP contribution in [0.15, 0.2) is 40.3 Å². The number of fused-ring (bicyclic) bond motifs is 1. The number of rotatable bonds is 4. The summed E-state index contributed by atoms with van der Waals surface area (Å²) >= 11 is 0. The number of aromatic nitrogens is 2. The van der Waals surface area contributed by atoms with Crippen LogP contribution in [-0.4, -0.2) is 59.0 Å². The van der Waals surface area contributed by atoms with Crippen molar-refractivity contribution in [3.8, 4) is 0 Å². The average Bonchev–Trinajstić information content (AvgIpc) is 3.32. The third-order valence-corrected chi connectivity index (χ3v) is 8.64. The number of nitrogens with zero attached hydrogens (tertiary/aromatic N) is 5. The monoisotopic (exact) mass is 518 g/mol. The van der Waals surface area contributed by atoms with Crippen LogP contribution < -0.4 is 10.2 Å². The highest BCUT2D eigenvalue weighted by Crippen LogP contribution is 2.41. The average molecular weight is 519 g/mol. The molecule has 202 valence electrons. The summed E-state index contributed by atoms with van der Waals surface area (Å²) in [6.45, 7) is 7.08. The molecule has 6 rings (SSSR count). The van der Waals surface area contributed by atoms with Crippen LogP contribution in [0.1, 0.15) is 69.7 Å². The first-order valence-corrected chi connectivity index (χ1v) is 14.1. The maximum atomic E-state index is 12.3. The van der Waals surface area contributed by atoms with E-state index in [1.807, 2.05) is 17.2 Å². The minimum absolute atomic E-state index is 0.0885. The van der Waals surface area contributed by atoms with Crippen molar-refractivity contribution in [1.82, 2.24) is 20.0 Å². The maximum Gasteiger partial charge on any atom is 0.222 e. The molecule has 0 spiro atoms. The highest BCUT2D eigenvalue weighted by atomic mass is 16.5. The molecule has 2 unspecified atom stereocenters. The largest absolute Gasteiger partial charge is 0.381 e. The lowest BCUT2D eigenvalue weighted by molar-refractivity contribution is -0.129. The van der Waals surface area contributed by atoms with Crippen LogP contribution in [0, 0.1) is 11.8 Å². The molecular weight excluding hydrogens is 480 g/mol. The fraction of sp³-hybridized carbons (Fsp3) is 0.586. The molecule has 4 aliphatic heterocycles. The Hall–Kier alpha value is -3.20. The van der Waals surface area contributed by atoms with Gasteiger partial charge in [-0.25, -0.2) is 4.99 Å². The Balaban J connectivity index is 1.26. The van der Waals surface area contributed by atoms with E-state index in [0.29, 0.717) is 30.2 Å². The molecule has 2 amide bonds. The molecule has 0 bridgehead atoms. The zero-order valence-electron chi connectivity index (χ0n) is 22.5. The molecule has 2 atom stereocenters. The minimum atomic E-state index is -0.0885. The quantitative estimate of drug-likeness (QED) is 0.657. The molecule has 9 nitrogen and oxygen atoms in total. The molecule has 1 aromatic heterocycles. The van der Waals surface area contributed by atoms with Gasteiger partial charge >= 0.3 is 0 Å². The smallest absolute Gasteiger partial charge is 0.222 e. The lowest BCUT2D eigenvalue weighted by Crippen LogP contribution is -2.36. The van der Waals surface area contributed by atoms with Crippen molar-refractivity contribution in [3.05, 3.63) is 46.6 Å². The SMILES string of the molecule is CC(=O)NC1=CCC(C2C=CC3=C(CCCN3c3nn(C4CCOCC4)c4c3CN(C(C)=O)CC4)C2)C=N1. The second-order valence-electron chi connectivity index (χ2n) is 11.1. The van der Waals surface area contributed by atoms with E-state index in [9.17, 15) is 9.59 Å². The minimum Gasteiger partial charge on any atom is -0.381 e. The number of aliphatic imine (C=N–C) groups is 1. The summed E-state index contributed by atoms with van der Waals surface area (Å²) in [4.78, 5) is 32.5. The van der Waals surface area contributed by atoms with Crippen LogP contribution in [0.5, 0.6) is 0 Å². The van der Waals surface area contributed by atoms with Crippen molar-refractivity contribution in [2.24, 2.45) is 16.8 Å². The van der Waals surface area contributed by atoms with Gasteiger partial charge in [0, 0.05) is 75.7 Å². The van der Waals surface area contributed by atoms with E-state index >= 15 is 0 Å². The maximum absolute atomic E-state index is 12.3. The van der Waals surface area contributed by atoms with E-state index in [1.54, 1.807) is 6.92 Å². The zero-order chi connectivity index (χ0) is 26.2. The first-order chi connectivity index (χ1) is 18.5. The van der Waals surface area contributed by atoms with Crippen molar-refractivity contribution >= 4 is 23.8 Å². The summed E-state index contributed by atoms with van der Waals surface area (Å²) in [6, 6.07) is 0.362. The molecule has 0 saturated carbocycles. The number of ether oxygens (including phenoxy) is 1. The Bertz CT molecular complexity index is 1240. The number of nitrogens with one attached hydrogen (secondary N) is 1. The highest BCUT2D eigenvalue weighted by molar-refractivity contribution is 5.76. The van der Waals surface area contributed by atoms with Crippen LogP contribution in [0.2, 0.25) is 0 Å². The number of carbonyl (C=O) groups excluding carboxylic acids is 2. The molecule has 9 heteroatoms. The fourth-order valence-corrected chi connectivity index (χ4v) is 6.62. The van der Waals surface area contributed by atoms with Gasteiger partial charge in [0.1, 0.15) is 5.82 Å². The second kappa shape index (κ2) is 10.5. The van der Waals surface area contributed by atoms with Crippen molar-refractivity contribution < 1.29 is 14.3 Å². The van der Waals surface area contributed by atoms with Gasteiger partial charge in [0.15, 0.2) is 5.82 Å².